The van der Waals surface area contributed by atoms with Crippen LogP contribution in [0.4, 0.5) is 5.69 Å². The smallest absolute Gasteiger partial charge is 0.251 e. The number of carbonyl (C=O) groups is 1. The summed E-state index contributed by atoms with van der Waals surface area (Å²) in [4.78, 5) is 18.9. The quantitative estimate of drug-likeness (QED) is 0.353. The van der Waals surface area contributed by atoms with Crippen LogP contribution in [0.1, 0.15) is 10.4 Å². The summed E-state index contributed by atoms with van der Waals surface area (Å²) in [7, 11) is 0. The number of amides is 1. The van der Waals surface area contributed by atoms with Crippen LogP contribution in [-0.2, 0) is 0 Å². The molecule has 1 aromatic heterocycles. The normalized spacial score (nSPS) is 15.4. The highest BCUT2D eigenvalue weighted by Crippen LogP contribution is 2.33. The Balaban J connectivity index is 1.22. The fourth-order valence-electron chi connectivity index (χ4n) is 3.93. The number of aromatic nitrogens is 1. The number of rotatable bonds is 7. The van der Waals surface area contributed by atoms with E-state index >= 15 is 0 Å². The van der Waals surface area contributed by atoms with Crippen LogP contribution in [0.5, 0.6) is 0 Å². The molecule has 34 heavy (non-hydrogen) atoms. The third-order valence-corrected chi connectivity index (χ3v) is 6.75. The van der Waals surface area contributed by atoms with Crippen LogP contribution in [0.3, 0.4) is 0 Å². The van der Waals surface area contributed by atoms with Crippen LogP contribution >= 0.6 is 23.2 Å². The molecule has 1 aliphatic heterocycles. The van der Waals surface area contributed by atoms with E-state index in [0.29, 0.717) is 54.9 Å². The molecule has 3 aromatic rings. The lowest BCUT2D eigenvalue weighted by Gasteiger charge is -2.39. The zero-order valence-electron chi connectivity index (χ0n) is 18.7. The first-order valence-electron chi connectivity index (χ1n) is 11.2. The first-order valence-corrected chi connectivity index (χ1v) is 11.9. The van der Waals surface area contributed by atoms with E-state index in [-0.39, 0.29) is 10.6 Å². The van der Waals surface area contributed by atoms with Crippen LogP contribution in [0.25, 0.3) is 11.3 Å². The Morgan fingerprint density at radius 1 is 1.03 bits per heavy atom. The van der Waals surface area contributed by atoms with Gasteiger partial charge in [-0.3, -0.25) is 9.78 Å². The molecule has 2 heterocycles. The maximum absolute atomic E-state index is 12.4. The summed E-state index contributed by atoms with van der Waals surface area (Å²) in [5.41, 5.74) is 3.32. The monoisotopic (exact) mass is 497 g/mol. The number of nitrogens with zero attached hydrogens (tertiary/aromatic N) is 3. The summed E-state index contributed by atoms with van der Waals surface area (Å²) in [6.45, 7) is 3.37. The molecule has 1 amide bonds. The molecule has 0 atom stereocenters. The highest BCUT2D eigenvalue weighted by Gasteiger charge is 2.31. The Bertz CT molecular complexity index is 1150. The van der Waals surface area contributed by atoms with Crippen molar-refractivity contribution in [3.8, 4) is 11.3 Å². The summed E-state index contributed by atoms with van der Waals surface area (Å²) in [6.07, 6.45) is 5.53. The summed E-state index contributed by atoms with van der Waals surface area (Å²) in [6, 6.07) is 18.7. The van der Waals surface area contributed by atoms with Gasteiger partial charge >= 0.3 is 0 Å². The lowest BCUT2D eigenvalue weighted by Crippen LogP contribution is -2.57. The molecule has 2 aromatic carbocycles. The Morgan fingerprint density at radius 2 is 1.79 bits per heavy atom. The zero-order chi connectivity index (χ0) is 24.0. The van der Waals surface area contributed by atoms with Crippen molar-refractivity contribution in [1.29, 1.82) is 0 Å². The average Bonchev–Trinajstić information content (AvgIpc) is 2.87. The van der Waals surface area contributed by atoms with Crippen molar-refractivity contribution in [2.24, 2.45) is 0 Å². The second kappa shape index (κ2) is 11.0. The molecule has 4 rings (SSSR count). The topological polar surface area (TPSA) is 65.5 Å². The predicted octanol–water partition coefficient (Wildman–Crippen LogP) is 5.07. The van der Waals surface area contributed by atoms with Crippen LogP contribution in [0.2, 0.25) is 10.0 Å². The fraction of sp³-hybridized carbons (Fsp3) is 0.231. The molecular formula is C26H27Cl2N4O2+. The molecule has 0 radical (unpaired) electrons. The van der Waals surface area contributed by atoms with Gasteiger partial charge in [0.05, 0.1) is 34.5 Å². The first-order chi connectivity index (χ1) is 16.5. The van der Waals surface area contributed by atoms with E-state index in [2.05, 4.69) is 15.2 Å². The van der Waals surface area contributed by atoms with E-state index < -0.39 is 0 Å². The van der Waals surface area contributed by atoms with E-state index in [1.54, 1.807) is 24.4 Å². The van der Waals surface area contributed by atoms with Crippen LogP contribution < -0.4 is 10.2 Å². The van der Waals surface area contributed by atoms with E-state index in [0.717, 1.165) is 16.9 Å². The number of quaternary nitrogens is 1. The second-order valence-corrected chi connectivity index (χ2v) is 9.04. The minimum atomic E-state index is -0.142. The van der Waals surface area contributed by atoms with Crippen LogP contribution in [-0.4, -0.2) is 60.0 Å². The highest BCUT2D eigenvalue weighted by molar-refractivity contribution is 6.43. The molecule has 1 saturated heterocycles. The Hall–Kier alpha value is -2.90. The number of anilines is 1. The maximum atomic E-state index is 12.4. The molecule has 0 unspecified atom stereocenters. The van der Waals surface area contributed by atoms with Gasteiger partial charge in [-0.25, -0.2) is 5.21 Å². The van der Waals surface area contributed by atoms with Crippen molar-refractivity contribution >= 4 is 34.8 Å². The standard InChI is InChI=1S/C26H26Cl2N4O2/c27-22-6-5-8-24(25(22)28)31-15-18-32(34,19-16-31)17-4-3-14-30-26(33)21-11-9-20(10-12-21)23-7-1-2-13-29-23/h1-13,34H,14-19H2/p+1/b4-3+. The van der Waals surface area contributed by atoms with Gasteiger partial charge < -0.3 is 10.2 Å². The van der Waals surface area contributed by atoms with Gasteiger partial charge in [0.2, 0.25) is 0 Å². The minimum Gasteiger partial charge on any atom is -0.359 e. The summed E-state index contributed by atoms with van der Waals surface area (Å²) in [5.74, 6) is -0.142. The number of nitrogens with one attached hydrogen (secondary N) is 1. The molecular weight excluding hydrogens is 471 g/mol. The largest absolute Gasteiger partial charge is 0.359 e. The molecule has 0 aliphatic carbocycles. The molecule has 6 nitrogen and oxygen atoms in total. The second-order valence-electron chi connectivity index (χ2n) is 8.26. The fourth-order valence-corrected chi connectivity index (χ4v) is 4.35. The lowest BCUT2D eigenvalue weighted by atomic mass is 10.1. The minimum absolute atomic E-state index is 0.0475. The van der Waals surface area contributed by atoms with E-state index in [9.17, 15) is 10.0 Å². The number of piperazine rings is 1. The SMILES string of the molecule is O=C(NC/C=C/C[N+]1(O)CCN(c2cccc(Cl)c2Cl)CC1)c1ccc(-c2ccccn2)cc1. The van der Waals surface area contributed by atoms with Crippen molar-refractivity contribution in [3.05, 3.63) is 94.6 Å². The number of hydrogen-bond acceptors (Lipinski definition) is 4. The molecule has 0 spiro atoms. The number of hydrogen-bond donors (Lipinski definition) is 2. The molecule has 2 N–H and O–H groups in total. The summed E-state index contributed by atoms with van der Waals surface area (Å²) >= 11 is 12.5. The molecule has 176 valence electrons. The van der Waals surface area contributed by atoms with Gasteiger partial charge in [0.15, 0.2) is 0 Å². The number of pyridine rings is 1. The van der Waals surface area contributed by atoms with Crippen LogP contribution in [0.15, 0.2) is 79.0 Å². The number of benzene rings is 2. The van der Waals surface area contributed by atoms with E-state index in [1.807, 2.05) is 54.6 Å². The van der Waals surface area contributed by atoms with Gasteiger partial charge in [0.25, 0.3) is 5.91 Å². The van der Waals surface area contributed by atoms with Crippen molar-refractivity contribution in [1.82, 2.24) is 10.3 Å². The molecule has 0 saturated carbocycles. The number of halogens is 2. The van der Waals surface area contributed by atoms with Gasteiger partial charge in [-0.15, -0.1) is 0 Å². The highest BCUT2D eigenvalue weighted by atomic mass is 35.5. The van der Waals surface area contributed by atoms with E-state index in [1.165, 1.54) is 0 Å². The predicted molar refractivity (Wildman–Crippen MR) is 136 cm³/mol. The van der Waals surface area contributed by atoms with Gasteiger partial charge in [-0.2, -0.15) is 4.65 Å². The van der Waals surface area contributed by atoms with Crippen molar-refractivity contribution < 1.29 is 14.6 Å². The lowest BCUT2D eigenvalue weighted by molar-refractivity contribution is -1.10. The molecule has 1 aliphatic rings. The van der Waals surface area contributed by atoms with Crippen molar-refractivity contribution in [2.45, 2.75) is 0 Å². The van der Waals surface area contributed by atoms with Crippen molar-refractivity contribution in [3.63, 3.8) is 0 Å². The van der Waals surface area contributed by atoms with Gasteiger partial charge in [0, 0.05) is 23.9 Å². The summed E-state index contributed by atoms with van der Waals surface area (Å²) in [5, 5.41) is 14.8. The summed E-state index contributed by atoms with van der Waals surface area (Å²) < 4.78 is -0.0475. The number of carbonyl (C=O) groups excluding carboxylic acids is 1. The van der Waals surface area contributed by atoms with E-state index in [4.69, 9.17) is 23.2 Å². The van der Waals surface area contributed by atoms with Gasteiger partial charge in [-0.1, -0.05) is 53.5 Å². The molecule has 1 fully saturated rings. The van der Waals surface area contributed by atoms with Gasteiger partial charge in [-0.05, 0) is 42.5 Å². The third kappa shape index (κ3) is 5.96. The van der Waals surface area contributed by atoms with Gasteiger partial charge in [0.1, 0.15) is 19.6 Å². The Kier molecular flexibility index (Phi) is 7.85. The maximum Gasteiger partial charge on any atom is 0.251 e. The number of hydroxylamine groups is 3. The Labute approximate surface area is 209 Å². The molecule has 0 bridgehead atoms. The third-order valence-electron chi connectivity index (χ3n) is 5.94. The van der Waals surface area contributed by atoms with Crippen molar-refractivity contribution in [2.75, 3.05) is 44.2 Å². The zero-order valence-corrected chi connectivity index (χ0v) is 20.2. The average molecular weight is 498 g/mol. The first kappa shape index (κ1) is 24.2. The van der Waals surface area contributed by atoms with Crippen LogP contribution in [0, 0.1) is 0 Å². The Morgan fingerprint density at radius 3 is 2.50 bits per heavy atom. The molecule has 8 heteroatoms.